The van der Waals surface area contributed by atoms with Gasteiger partial charge in [0.05, 0.1) is 12.2 Å². The molecule has 24 heavy (non-hydrogen) atoms. The van der Waals surface area contributed by atoms with Crippen LogP contribution in [0.15, 0.2) is 15.4 Å². The summed E-state index contributed by atoms with van der Waals surface area (Å²) in [5, 5.41) is 4.00. The number of aromatic nitrogens is 3. The summed E-state index contributed by atoms with van der Waals surface area (Å²) in [6, 6.07) is 1.88. The molecule has 1 amide bonds. The number of amides is 1. The first-order valence-electron chi connectivity index (χ1n) is 8.03. The highest BCUT2D eigenvalue weighted by Crippen LogP contribution is 2.16. The van der Waals surface area contributed by atoms with E-state index in [2.05, 4.69) is 15.1 Å². The maximum absolute atomic E-state index is 12.3. The minimum Gasteiger partial charge on any atom is -0.359 e. The summed E-state index contributed by atoms with van der Waals surface area (Å²) in [4.78, 5) is 31.8. The first kappa shape index (κ1) is 17.9. The summed E-state index contributed by atoms with van der Waals surface area (Å²) in [6.07, 6.45) is 0.884. The van der Waals surface area contributed by atoms with E-state index in [-0.39, 0.29) is 11.6 Å². The molecule has 0 aliphatic carbocycles. The van der Waals surface area contributed by atoms with E-state index >= 15 is 0 Å². The van der Waals surface area contributed by atoms with Crippen molar-refractivity contribution >= 4 is 5.91 Å². The monoisotopic (exact) mass is 332 g/mol. The van der Waals surface area contributed by atoms with Crippen LogP contribution in [0.3, 0.4) is 0 Å². The summed E-state index contributed by atoms with van der Waals surface area (Å²) in [6.45, 7) is 8.08. The highest BCUT2D eigenvalue weighted by atomic mass is 16.5. The Morgan fingerprint density at radius 1 is 1.38 bits per heavy atom. The lowest BCUT2D eigenvalue weighted by Gasteiger charge is -2.16. The number of carbonyl (C=O) groups is 1. The van der Waals surface area contributed by atoms with Gasteiger partial charge in [0, 0.05) is 30.9 Å². The number of hydrogen-bond donors (Lipinski definition) is 1. The van der Waals surface area contributed by atoms with Crippen molar-refractivity contribution in [2.24, 2.45) is 0 Å². The topological polar surface area (TPSA) is 92.1 Å². The van der Waals surface area contributed by atoms with Gasteiger partial charge in [0.25, 0.3) is 0 Å². The second-order valence-corrected chi connectivity index (χ2v) is 6.35. The Bertz CT molecular complexity index is 750. The largest absolute Gasteiger partial charge is 0.359 e. The highest BCUT2D eigenvalue weighted by Gasteiger charge is 2.15. The summed E-state index contributed by atoms with van der Waals surface area (Å²) in [7, 11) is 1.74. The van der Waals surface area contributed by atoms with Gasteiger partial charge in [-0.05, 0) is 31.7 Å². The molecular formula is C17H24N4O3. The van der Waals surface area contributed by atoms with E-state index in [1.54, 1.807) is 18.9 Å². The van der Waals surface area contributed by atoms with Crippen LogP contribution < -0.4 is 5.69 Å². The quantitative estimate of drug-likeness (QED) is 0.874. The van der Waals surface area contributed by atoms with Crippen LogP contribution in [0.25, 0.3) is 0 Å². The number of carbonyl (C=O) groups excluding carboxylic acids is 1. The zero-order valence-electron chi connectivity index (χ0n) is 14.8. The fourth-order valence-corrected chi connectivity index (χ4v) is 2.54. The van der Waals surface area contributed by atoms with Gasteiger partial charge >= 0.3 is 5.69 Å². The molecule has 0 unspecified atom stereocenters. The molecule has 2 rings (SSSR count). The van der Waals surface area contributed by atoms with Gasteiger partial charge in [-0.25, -0.2) is 4.79 Å². The maximum Gasteiger partial charge on any atom is 0.345 e. The van der Waals surface area contributed by atoms with E-state index in [0.29, 0.717) is 36.8 Å². The molecule has 0 bridgehead atoms. The number of nitrogens with zero attached hydrogens (tertiary/aromatic N) is 3. The number of aryl methyl sites for hydroxylation is 2. The SMILES string of the molecule is Cc1nc(=O)[nH]c(C)c1CCC(=O)N(C)Cc1cc(C(C)C)no1. The molecule has 0 aliphatic heterocycles. The molecule has 1 N–H and O–H groups in total. The number of hydrogen-bond acceptors (Lipinski definition) is 5. The van der Waals surface area contributed by atoms with Crippen molar-refractivity contribution < 1.29 is 9.32 Å². The average molecular weight is 332 g/mol. The van der Waals surface area contributed by atoms with Crippen molar-refractivity contribution in [2.45, 2.75) is 53.0 Å². The van der Waals surface area contributed by atoms with Crippen LogP contribution in [0.4, 0.5) is 0 Å². The van der Waals surface area contributed by atoms with Crippen molar-refractivity contribution in [1.82, 2.24) is 20.0 Å². The van der Waals surface area contributed by atoms with Crippen LogP contribution in [0, 0.1) is 13.8 Å². The van der Waals surface area contributed by atoms with Gasteiger partial charge in [-0.3, -0.25) is 4.79 Å². The lowest BCUT2D eigenvalue weighted by molar-refractivity contribution is -0.130. The van der Waals surface area contributed by atoms with Gasteiger partial charge in [0.2, 0.25) is 5.91 Å². The van der Waals surface area contributed by atoms with Crippen molar-refractivity contribution in [1.29, 1.82) is 0 Å². The van der Waals surface area contributed by atoms with E-state index < -0.39 is 0 Å². The predicted octanol–water partition coefficient (Wildman–Crippen LogP) is 2.09. The number of aromatic amines is 1. The van der Waals surface area contributed by atoms with Crippen LogP contribution in [-0.2, 0) is 17.8 Å². The van der Waals surface area contributed by atoms with Gasteiger partial charge in [-0.2, -0.15) is 4.98 Å². The summed E-state index contributed by atoms with van der Waals surface area (Å²) in [5.41, 5.74) is 2.88. The summed E-state index contributed by atoms with van der Waals surface area (Å²) < 4.78 is 5.27. The predicted molar refractivity (Wildman–Crippen MR) is 89.7 cm³/mol. The Kier molecular flexibility index (Phi) is 5.54. The molecule has 0 saturated carbocycles. The Labute approximate surface area is 141 Å². The zero-order valence-corrected chi connectivity index (χ0v) is 14.8. The van der Waals surface area contributed by atoms with E-state index in [4.69, 9.17) is 4.52 Å². The fraction of sp³-hybridized carbons (Fsp3) is 0.529. The molecule has 0 saturated heterocycles. The Morgan fingerprint density at radius 2 is 2.08 bits per heavy atom. The van der Waals surface area contributed by atoms with Crippen molar-refractivity contribution in [2.75, 3.05) is 7.05 Å². The molecule has 2 heterocycles. The molecule has 0 atom stereocenters. The van der Waals surface area contributed by atoms with Gasteiger partial charge < -0.3 is 14.4 Å². The maximum atomic E-state index is 12.3. The number of nitrogens with one attached hydrogen (secondary N) is 1. The standard InChI is InChI=1S/C17H24N4O3/c1-10(2)15-8-13(24-20-15)9-21(5)16(22)7-6-14-11(3)18-17(23)19-12(14)4/h8,10H,6-7,9H2,1-5H3,(H,18,19,23). The highest BCUT2D eigenvalue weighted by molar-refractivity contribution is 5.76. The minimum atomic E-state index is -0.358. The summed E-state index contributed by atoms with van der Waals surface area (Å²) >= 11 is 0. The second kappa shape index (κ2) is 7.42. The van der Waals surface area contributed by atoms with E-state index in [9.17, 15) is 9.59 Å². The van der Waals surface area contributed by atoms with Crippen LogP contribution >= 0.6 is 0 Å². The summed E-state index contributed by atoms with van der Waals surface area (Å²) in [5.74, 6) is 0.970. The molecular weight excluding hydrogens is 308 g/mol. The first-order valence-corrected chi connectivity index (χ1v) is 8.03. The third-order valence-electron chi connectivity index (χ3n) is 4.03. The molecule has 0 aromatic carbocycles. The zero-order chi connectivity index (χ0) is 17.9. The molecule has 7 heteroatoms. The normalized spacial score (nSPS) is 11.1. The van der Waals surface area contributed by atoms with E-state index in [1.165, 1.54) is 0 Å². The molecule has 0 spiro atoms. The lowest BCUT2D eigenvalue weighted by Crippen LogP contribution is -2.26. The number of rotatable bonds is 6. The van der Waals surface area contributed by atoms with Gasteiger partial charge in [-0.15, -0.1) is 0 Å². The molecule has 2 aromatic rings. The molecule has 0 aliphatic rings. The first-order chi connectivity index (χ1) is 11.3. The van der Waals surface area contributed by atoms with Gasteiger partial charge in [-0.1, -0.05) is 19.0 Å². The Balaban J connectivity index is 1.95. The second-order valence-electron chi connectivity index (χ2n) is 6.35. The molecule has 0 fully saturated rings. The van der Waals surface area contributed by atoms with Crippen molar-refractivity contribution in [3.63, 3.8) is 0 Å². The van der Waals surface area contributed by atoms with E-state index in [1.807, 2.05) is 26.8 Å². The van der Waals surface area contributed by atoms with Crippen molar-refractivity contribution in [3.05, 3.63) is 45.0 Å². The molecule has 2 aromatic heterocycles. The third-order valence-corrected chi connectivity index (χ3v) is 4.03. The van der Waals surface area contributed by atoms with Crippen molar-refractivity contribution in [3.8, 4) is 0 Å². The average Bonchev–Trinajstić information content (AvgIpc) is 2.94. The molecule has 130 valence electrons. The van der Waals surface area contributed by atoms with Crippen LogP contribution in [-0.4, -0.2) is 33.0 Å². The van der Waals surface area contributed by atoms with Crippen LogP contribution in [0.2, 0.25) is 0 Å². The number of H-pyrrole nitrogens is 1. The molecule has 7 nitrogen and oxygen atoms in total. The minimum absolute atomic E-state index is 0.00231. The smallest absolute Gasteiger partial charge is 0.345 e. The van der Waals surface area contributed by atoms with Gasteiger partial charge in [0.15, 0.2) is 5.76 Å². The Morgan fingerprint density at radius 3 is 2.67 bits per heavy atom. The van der Waals surface area contributed by atoms with Gasteiger partial charge in [0.1, 0.15) is 0 Å². The van der Waals surface area contributed by atoms with E-state index in [0.717, 1.165) is 17.0 Å². The lowest BCUT2D eigenvalue weighted by atomic mass is 10.1. The van der Waals surface area contributed by atoms with Crippen LogP contribution in [0.1, 0.15) is 54.6 Å². The third kappa shape index (κ3) is 4.31. The fourth-order valence-electron chi connectivity index (χ4n) is 2.54. The molecule has 0 radical (unpaired) electrons. The van der Waals surface area contributed by atoms with Crippen LogP contribution in [0.5, 0.6) is 0 Å². The Hall–Kier alpha value is -2.44.